The quantitative estimate of drug-likeness (QED) is 0.705. The molecule has 92 valence electrons. The van der Waals surface area contributed by atoms with Crippen LogP contribution in [0.25, 0.3) is 0 Å². The van der Waals surface area contributed by atoms with E-state index in [1.165, 1.54) is 0 Å². The molecule has 0 aromatic heterocycles. The van der Waals surface area contributed by atoms with E-state index in [1.54, 1.807) is 0 Å². The van der Waals surface area contributed by atoms with Crippen LogP contribution in [0.3, 0.4) is 0 Å². The van der Waals surface area contributed by atoms with Crippen LogP contribution in [-0.4, -0.2) is 17.0 Å². The molecule has 0 aromatic carbocycles. The summed E-state index contributed by atoms with van der Waals surface area (Å²) in [4.78, 5) is 22.0. The van der Waals surface area contributed by atoms with Gasteiger partial charge >= 0.3 is 5.97 Å². The number of nitrogens with two attached hydrogens (primary N) is 1. The van der Waals surface area contributed by atoms with Gasteiger partial charge in [-0.05, 0) is 25.7 Å². The van der Waals surface area contributed by atoms with Gasteiger partial charge in [0.05, 0.1) is 5.41 Å². The van der Waals surface area contributed by atoms with Crippen LogP contribution in [-0.2, 0) is 9.59 Å². The van der Waals surface area contributed by atoms with Crippen molar-refractivity contribution in [2.75, 3.05) is 0 Å². The third-order valence-corrected chi connectivity index (χ3v) is 3.59. The molecule has 1 aliphatic carbocycles. The summed E-state index contributed by atoms with van der Waals surface area (Å²) in [6.45, 7) is 0. The standard InChI is InChI=1S/C12H21NO3/c13-10(14)6-5-9-12(11(15)16)7-3-1-2-4-8-12/h1-9H2,(H2,13,14)(H,15,16). The Bertz CT molecular complexity index is 255. The first kappa shape index (κ1) is 13.0. The van der Waals surface area contributed by atoms with Crippen molar-refractivity contribution in [2.24, 2.45) is 11.1 Å². The number of hydrogen-bond donors (Lipinski definition) is 2. The molecular formula is C12H21NO3. The van der Waals surface area contributed by atoms with Gasteiger partial charge in [-0.3, -0.25) is 9.59 Å². The van der Waals surface area contributed by atoms with Crippen molar-refractivity contribution in [3.63, 3.8) is 0 Å². The highest BCUT2D eigenvalue weighted by molar-refractivity contribution is 5.75. The molecule has 0 saturated heterocycles. The summed E-state index contributed by atoms with van der Waals surface area (Å²) in [5.74, 6) is -1.03. The lowest BCUT2D eigenvalue weighted by Crippen LogP contribution is -2.30. The minimum Gasteiger partial charge on any atom is -0.481 e. The molecule has 3 N–H and O–H groups in total. The molecule has 4 heteroatoms. The highest BCUT2D eigenvalue weighted by Gasteiger charge is 2.37. The second-order valence-corrected chi connectivity index (χ2v) is 4.82. The molecule has 1 amide bonds. The van der Waals surface area contributed by atoms with Gasteiger partial charge in [0.15, 0.2) is 0 Å². The molecule has 1 saturated carbocycles. The third kappa shape index (κ3) is 3.51. The summed E-state index contributed by atoms with van der Waals surface area (Å²) < 4.78 is 0. The lowest BCUT2D eigenvalue weighted by molar-refractivity contribution is -0.150. The van der Waals surface area contributed by atoms with Gasteiger partial charge in [0.1, 0.15) is 0 Å². The number of carboxylic acid groups (broad SMARTS) is 1. The lowest BCUT2D eigenvalue weighted by Gasteiger charge is -2.27. The molecule has 1 fully saturated rings. The first-order chi connectivity index (χ1) is 7.57. The predicted octanol–water partition coefficient (Wildman–Crippen LogP) is 2.07. The fourth-order valence-corrected chi connectivity index (χ4v) is 2.58. The maximum absolute atomic E-state index is 11.4. The normalized spacial score (nSPS) is 20.0. The smallest absolute Gasteiger partial charge is 0.309 e. The van der Waals surface area contributed by atoms with Crippen LogP contribution in [0.2, 0.25) is 0 Å². The van der Waals surface area contributed by atoms with Crippen LogP contribution in [0.1, 0.15) is 57.8 Å². The molecule has 0 aromatic rings. The van der Waals surface area contributed by atoms with E-state index in [2.05, 4.69) is 0 Å². The summed E-state index contributed by atoms with van der Waals surface area (Å²) in [6.07, 6.45) is 7.23. The number of hydrogen-bond acceptors (Lipinski definition) is 2. The SMILES string of the molecule is NC(=O)CCCC1(C(=O)O)CCCCCC1. The fourth-order valence-electron chi connectivity index (χ4n) is 2.58. The zero-order chi connectivity index (χ0) is 12.0. The molecule has 0 unspecified atom stereocenters. The first-order valence-corrected chi connectivity index (χ1v) is 6.08. The molecule has 0 aliphatic heterocycles. The van der Waals surface area contributed by atoms with Crippen molar-refractivity contribution in [1.29, 1.82) is 0 Å². The average Bonchev–Trinajstić information content (AvgIpc) is 2.43. The van der Waals surface area contributed by atoms with E-state index >= 15 is 0 Å². The fraction of sp³-hybridized carbons (Fsp3) is 0.833. The molecule has 0 heterocycles. The Morgan fingerprint density at radius 3 is 2.12 bits per heavy atom. The molecule has 1 rings (SSSR count). The Labute approximate surface area is 96.2 Å². The zero-order valence-corrected chi connectivity index (χ0v) is 9.71. The predicted molar refractivity (Wildman–Crippen MR) is 60.8 cm³/mol. The second-order valence-electron chi connectivity index (χ2n) is 4.82. The van der Waals surface area contributed by atoms with E-state index in [4.69, 9.17) is 5.73 Å². The Balaban J connectivity index is 2.56. The van der Waals surface area contributed by atoms with Gasteiger partial charge in [0, 0.05) is 6.42 Å². The number of primary amides is 1. The summed E-state index contributed by atoms with van der Waals surface area (Å²) in [5, 5.41) is 9.36. The van der Waals surface area contributed by atoms with Crippen LogP contribution < -0.4 is 5.73 Å². The molecular weight excluding hydrogens is 206 g/mol. The van der Waals surface area contributed by atoms with Gasteiger partial charge < -0.3 is 10.8 Å². The topological polar surface area (TPSA) is 80.4 Å². The largest absolute Gasteiger partial charge is 0.481 e. The highest BCUT2D eigenvalue weighted by atomic mass is 16.4. The molecule has 0 spiro atoms. The number of carboxylic acids is 1. The molecule has 16 heavy (non-hydrogen) atoms. The van der Waals surface area contributed by atoms with Crippen molar-refractivity contribution in [1.82, 2.24) is 0 Å². The summed E-state index contributed by atoms with van der Waals surface area (Å²) in [7, 11) is 0. The number of carbonyl (C=O) groups excluding carboxylic acids is 1. The van der Waals surface area contributed by atoms with E-state index in [0.717, 1.165) is 38.5 Å². The summed E-state index contributed by atoms with van der Waals surface area (Å²) in [6, 6.07) is 0. The maximum atomic E-state index is 11.4. The lowest BCUT2D eigenvalue weighted by atomic mass is 9.76. The van der Waals surface area contributed by atoms with Crippen molar-refractivity contribution in [3.05, 3.63) is 0 Å². The average molecular weight is 227 g/mol. The number of rotatable bonds is 5. The first-order valence-electron chi connectivity index (χ1n) is 6.08. The Morgan fingerprint density at radius 1 is 1.12 bits per heavy atom. The maximum Gasteiger partial charge on any atom is 0.309 e. The van der Waals surface area contributed by atoms with Crippen LogP contribution in [0, 0.1) is 5.41 Å². The second kappa shape index (κ2) is 5.87. The van der Waals surface area contributed by atoms with Gasteiger partial charge in [-0.15, -0.1) is 0 Å². The van der Waals surface area contributed by atoms with Crippen LogP contribution in [0.5, 0.6) is 0 Å². The van der Waals surface area contributed by atoms with Crippen molar-refractivity contribution in [3.8, 4) is 0 Å². The Hall–Kier alpha value is -1.06. The molecule has 4 nitrogen and oxygen atoms in total. The van der Waals surface area contributed by atoms with Crippen molar-refractivity contribution >= 4 is 11.9 Å². The van der Waals surface area contributed by atoms with E-state index in [-0.39, 0.29) is 5.91 Å². The zero-order valence-electron chi connectivity index (χ0n) is 9.71. The minimum atomic E-state index is -0.695. The van der Waals surface area contributed by atoms with Gasteiger partial charge in [-0.1, -0.05) is 25.7 Å². The monoisotopic (exact) mass is 227 g/mol. The van der Waals surface area contributed by atoms with Gasteiger partial charge in [-0.2, -0.15) is 0 Å². The Morgan fingerprint density at radius 2 is 1.69 bits per heavy atom. The van der Waals surface area contributed by atoms with Crippen molar-refractivity contribution in [2.45, 2.75) is 57.8 Å². The van der Waals surface area contributed by atoms with Gasteiger partial charge in [0.2, 0.25) is 5.91 Å². The van der Waals surface area contributed by atoms with E-state index in [0.29, 0.717) is 19.3 Å². The Kier molecular flexibility index (Phi) is 4.77. The summed E-state index contributed by atoms with van der Waals surface area (Å²) in [5.41, 5.74) is 4.48. The van der Waals surface area contributed by atoms with E-state index in [1.807, 2.05) is 0 Å². The number of aliphatic carboxylic acids is 1. The number of amides is 1. The molecule has 0 atom stereocenters. The van der Waals surface area contributed by atoms with Crippen LogP contribution >= 0.6 is 0 Å². The van der Waals surface area contributed by atoms with Gasteiger partial charge in [0.25, 0.3) is 0 Å². The highest BCUT2D eigenvalue weighted by Crippen LogP contribution is 2.39. The third-order valence-electron chi connectivity index (χ3n) is 3.59. The minimum absolute atomic E-state index is 0.301. The van der Waals surface area contributed by atoms with Crippen LogP contribution in [0.4, 0.5) is 0 Å². The van der Waals surface area contributed by atoms with Gasteiger partial charge in [-0.25, -0.2) is 0 Å². The molecule has 0 radical (unpaired) electrons. The van der Waals surface area contributed by atoms with Crippen LogP contribution in [0.15, 0.2) is 0 Å². The number of carbonyl (C=O) groups is 2. The molecule has 0 bridgehead atoms. The van der Waals surface area contributed by atoms with Crippen molar-refractivity contribution < 1.29 is 14.7 Å². The van der Waals surface area contributed by atoms with E-state index < -0.39 is 11.4 Å². The molecule has 1 aliphatic rings. The van der Waals surface area contributed by atoms with E-state index in [9.17, 15) is 14.7 Å². The summed E-state index contributed by atoms with van der Waals surface area (Å²) >= 11 is 0.